The van der Waals surface area contributed by atoms with Crippen molar-refractivity contribution in [1.82, 2.24) is 10.2 Å². The molecule has 2 amide bonds. The van der Waals surface area contributed by atoms with Crippen LogP contribution in [0.15, 0.2) is 30.5 Å². The normalized spacial score (nSPS) is 20.0. The smallest absolute Gasteiger partial charge is 0.321 e. The van der Waals surface area contributed by atoms with E-state index in [1.165, 1.54) is 4.90 Å². The van der Waals surface area contributed by atoms with Crippen LogP contribution in [-0.4, -0.2) is 51.1 Å². The van der Waals surface area contributed by atoms with E-state index in [1.807, 2.05) is 24.3 Å². The van der Waals surface area contributed by atoms with Crippen molar-refractivity contribution >= 4 is 21.9 Å². The van der Waals surface area contributed by atoms with Crippen molar-refractivity contribution in [3.8, 4) is 5.75 Å². The number of nitrogens with one attached hydrogen (secondary N) is 1. The average Bonchev–Trinajstić information content (AvgIpc) is 2.87. The third-order valence-electron chi connectivity index (χ3n) is 3.67. The van der Waals surface area contributed by atoms with Gasteiger partial charge in [-0.15, -0.1) is 0 Å². The molecule has 0 spiro atoms. The number of sulfone groups is 1. The van der Waals surface area contributed by atoms with Gasteiger partial charge in [0, 0.05) is 19.3 Å². The van der Waals surface area contributed by atoms with Crippen molar-refractivity contribution in [2.24, 2.45) is 0 Å². The lowest BCUT2D eigenvalue weighted by Crippen LogP contribution is -2.42. The third kappa shape index (κ3) is 4.24. The zero-order valence-electron chi connectivity index (χ0n) is 12.7. The summed E-state index contributed by atoms with van der Waals surface area (Å²) in [5.41, 5.74) is 0.923. The molecule has 1 aromatic carbocycles. The molecule has 1 heterocycles. The Morgan fingerprint density at radius 2 is 2.05 bits per heavy atom. The van der Waals surface area contributed by atoms with Gasteiger partial charge in [-0.2, -0.15) is 0 Å². The van der Waals surface area contributed by atoms with E-state index in [2.05, 4.69) is 5.32 Å². The first-order valence-corrected chi connectivity index (χ1v) is 8.78. The summed E-state index contributed by atoms with van der Waals surface area (Å²) >= 11 is 0. The van der Waals surface area contributed by atoms with Gasteiger partial charge in [0.25, 0.3) is 0 Å². The largest absolute Gasteiger partial charge is 0.497 e. The van der Waals surface area contributed by atoms with E-state index in [1.54, 1.807) is 26.4 Å². The molecule has 1 aromatic rings. The predicted molar refractivity (Wildman–Crippen MR) is 85.4 cm³/mol. The number of carbonyl (C=O) groups is 1. The maximum atomic E-state index is 12.0. The van der Waals surface area contributed by atoms with Crippen molar-refractivity contribution < 1.29 is 17.9 Å². The van der Waals surface area contributed by atoms with Crippen molar-refractivity contribution in [3.05, 3.63) is 36.0 Å². The van der Waals surface area contributed by atoms with E-state index >= 15 is 0 Å². The topological polar surface area (TPSA) is 75.7 Å². The van der Waals surface area contributed by atoms with Gasteiger partial charge in [-0.1, -0.05) is 12.1 Å². The molecular weight excluding hydrogens is 304 g/mol. The number of hydrogen-bond donors (Lipinski definition) is 1. The maximum absolute atomic E-state index is 12.0. The van der Waals surface area contributed by atoms with Gasteiger partial charge in [0.05, 0.1) is 18.6 Å². The van der Waals surface area contributed by atoms with Crippen LogP contribution in [0.2, 0.25) is 0 Å². The Labute approximate surface area is 130 Å². The van der Waals surface area contributed by atoms with Crippen molar-refractivity contribution in [2.45, 2.75) is 12.5 Å². The van der Waals surface area contributed by atoms with E-state index in [-0.39, 0.29) is 23.6 Å². The lowest BCUT2D eigenvalue weighted by molar-refractivity contribution is 0.199. The molecule has 0 aromatic heterocycles. The molecule has 0 aliphatic carbocycles. The van der Waals surface area contributed by atoms with Crippen LogP contribution in [0.25, 0.3) is 6.08 Å². The second-order valence-corrected chi connectivity index (χ2v) is 7.45. The lowest BCUT2D eigenvalue weighted by atomic mass is 10.2. The van der Waals surface area contributed by atoms with Gasteiger partial charge in [0.15, 0.2) is 9.84 Å². The van der Waals surface area contributed by atoms with Crippen molar-refractivity contribution in [2.75, 3.05) is 25.7 Å². The van der Waals surface area contributed by atoms with E-state index in [0.29, 0.717) is 6.42 Å². The Morgan fingerprint density at radius 1 is 1.36 bits per heavy atom. The average molecular weight is 324 g/mol. The minimum absolute atomic E-state index is 0.0408. The molecule has 7 heteroatoms. The number of amides is 2. The molecule has 1 N–H and O–H groups in total. The molecule has 0 radical (unpaired) electrons. The number of nitrogens with zero attached hydrogens (tertiary/aromatic N) is 1. The highest BCUT2D eigenvalue weighted by atomic mass is 32.2. The molecule has 1 aliphatic rings. The van der Waals surface area contributed by atoms with Gasteiger partial charge in [-0.05, 0) is 30.2 Å². The van der Waals surface area contributed by atoms with Crippen LogP contribution in [0.5, 0.6) is 5.75 Å². The zero-order valence-corrected chi connectivity index (χ0v) is 13.5. The molecule has 120 valence electrons. The molecule has 0 bridgehead atoms. The molecule has 22 heavy (non-hydrogen) atoms. The Hall–Kier alpha value is -2.02. The quantitative estimate of drug-likeness (QED) is 0.910. The highest BCUT2D eigenvalue weighted by Gasteiger charge is 2.32. The molecular formula is C15H20N2O4S. The highest BCUT2D eigenvalue weighted by Crippen LogP contribution is 2.16. The zero-order chi connectivity index (χ0) is 16.2. The summed E-state index contributed by atoms with van der Waals surface area (Å²) in [5.74, 6) is 0.958. The SMILES string of the molecule is COc1ccc(/C=C/NC(=O)N(C)C2CCS(=O)(=O)C2)cc1. The van der Waals surface area contributed by atoms with Crippen LogP contribution in [0.1, 0.15) is 12.0 Å². The fourth-order valence-corrected chi connectivity index (χ4v) is 4.05. The number of benzene rings is 1. The summed E-state index contributed by atoms with van der Waals surface area (Å²) in [6.07, 6.45) is 3.80. The summed E-state index contributed by atoms with van der Waals surface area (Å²) in [5, 5.41) is 2.64. The molecule has 2 rings (SSSR count). The minimum Gasteiger partial charge on any atom is -0.497 e. The number of hydrogen-bond acceptors (Lipinski definition) is 4. The second kappa shape index (κ2) is 6.83. The molecule has 1 saturated heterocycles. The number of carbonyl (C=O) groups excluding carboxylic acids is 1. The fraction of sp³-hybridized carbons (Fsp3) is 0.400. The van der Waals surface area contributed by atoms with Gasteiger partial charge in [-0.25, -0.2) is 13.2 Å². The number of rotatable bonds is 4. The van der Waals surface area contributed by atoms with Gasteiger partial charge in [-0.3, -0.25) is 0 Å². The van der Waals surface area contributed by atoms with Crippen molar-refractivity contribution in [3.63, 3.8) is 0 Å². The predicted octanol–water partition coefficient (Wildman–Crippen LogP) is 1.49. The third-order valence-corrected chi connectivity index (χ3v) is 5.43. The van der Waals surface area contributed by atoms with Crippen LogP contribution in [0, 0.1) is 0 Å². The van der Waals surface area contributed by atoms with E-state index < -0.39 is 9.84 Å². The first-order valence-electron chi connectivity index (χ1n) is 6.95. The van der Waals surface area contributed by atoms with E-state index in [0.717, 1.165) is 11.3 Å². The number of urea groups is 1. The van der Waals surface area contributed by atoms with Crippen molar-refractivity contribution in [1.29, 1.82) is 0 Å². The van der Waals surface area contributed by atoms with Crippen LogP contribution in [0.4, 0.5) is 4.79 Å². The first kappa shape index (κ1) is 16.4. The molecule has 1 unspecified atom stereocenters. The first-order chi connectivity index (χ1) is 10.4. The monoisotopic (exact) mass is 324 g/mol. The van der Waals surface area contributed by atoms with Crippen LogP contribution in [-0.2, 0) is 9.84 Å². The molecule has 1 atom stereocenters. The summed E-state index contributed by atoms with van der Waals surface area (Å²) in [7, 11) is 0.219. The Kier molecular flexibility index (Phi) is 5.07. The van der Waals surface area contributed by atoms with Gasteiger partial charge in [0.1, 0.15) is 5.75 Å². The Morgan fingerprint density at radius 3 is 2.59 bits per heavy atom. The summed E-state index contributed by atoms with van der Waals surface area (Å²) in [6.45, 7) is 0. The van der Waals surface area contributed by atoms with Gasteiger partial charge >= 0.3 is 6.03 Å². The Balaban J connectivity index is 1.87. The molecule has 0 saturated carbocycles. The van der Waals surface area contributed by atoms with Gasteiger partial charge in [0.2, 0.25) is 0 Å². The van der Waals surface area contributed by atoms with Crippen LogP contribution >= 0.6 is 0 Å². The standard InChI is InChI=1S/C15H20N2O4S/c1-17(13-8-10-22(19,20)11-13)15(18)16-9-7-12-3-5-14(21-2)6-4-12/h3-7,9,13H,8,10-11H2,1-2H3,(H,16,18)/b9-7+. The van der Waals surface area contributed by atoms with E-state index in [4.69, 9.17) is 4.74 Å². The number of ether oxygens (including phenoxy) is 1. The fourth-order valence-electron chi connectivity index (χ4n) is 2.27. The summed E-state index contributed by atoms with van der Waals surface area (Å²) < 4.78 is 27.9. The maximum Gasteiger partial charge on any atom is 0.321 e. The minimum atomic E-state index is -3.00. The molecule has 1 fully saturated rings. The molecule has 1 aliphatic heterocycles. The summed E-state index contributed by atoms with van der Waals surface area (Å²) in [4.78, 5) is 13.4. The van der Waals surface area contributed by atoms with E-state index in [9.17, 15) is 13.2 Å². The summed E-state index contributed by atoms with van der Waals surface area (Å²) in [6, 6.07) is 6.84. The lowest BCUT2D eigenvalue weighted by Gasteiger charge is -2.22. The Bertz CT molecular complexity index is 653. The molecule has 6 nitrogen and oxygen atoms in total. The highest BCUT2D eigenvalue weighted by molar-refractivity contribution is 7.91. The van der Waals surface area contributed by atoms with Gasteiger partial charge < -0.3 is 15.0 Å². The second-order valence-electron chi connectivity index (χ2n) is 5.22. The van der Waals surface area contributed by atoms with Crippen LogP contribution < -0.4 is 10.1 Å². The number of methoxy groups -OCH3 is 1. The van der Waals surface area contributed by atoms with Crippen LogP contribution in [0.3, 0.4) is 0 Å².